The Kier molecular flexibility index (Phi) is 9.57. The predicted octanol–water partition coefficient (Wildman–Crippen LogP) is 5.87. The SMILES string of the molecule is Cl.Cl.O=C(CN1CCN(c2ccccc2)CC1)NC1Cc2cc(Cl)ccc2Sc2ccccc21. The molecule has 1 saturated heterocycles. The summed E-state index contributed by atoms with van der Waals surface area (Å²) in [7, 11) is 0. The molecule has 180 valence electrons. The fourth-order valence-electron chi connectivity index (χ4n) is 4.49. The maximum Gasteiger partial charge on any atom is 0.234 e. The molecule has 8 heteroatoms. The van der Waals surface area contributed by atoms with E-state index in [4.69, 9.17) is 11.6 Å². The fourth-order valence-corrected chi connectivity index (χ4v) is 5.81. The lowest BCUT2D eigenvalue weighted by molar-refractivity contribution is -0.123. The number of carbonyl (C=O) groups is 1. The van der Waals surface area contributed by atoms with Crippen LogP contribution in [0.5, 0.6) is 0 Å². The first-order valence-corrected chi connectivity index (χ1v) is 12.2. The van der Waals surface area contributed by atoms with Gasteiger partial charge in [0.1, 0.15) is 0 Å². The van der Waals surface area contributed by atoms with E-state index in [0.717, 1.165) is 37.6 Å². The number of anilines is 1. The van der Waals surface area contributed by atoms with Crippen LogP contribution in [-0.4, -0.2) is 43.5 Å². The zero-order valence-electron chi connectivity index (χ0n) is 18.7. The molecule has 2 aliphatic rings. The molecule has 2 heterocycles. The first-order chi connectivity index (χ1) is 15.7. The van der Waals surface area contributed by atoms with Crippen LogP contribution in [0.15, 0.2) is 82.6 Å². The van der Waals surface area contributed by atoms with Gasteiger partial charge in [0.05, 0.1) is 12.6 Å². The van der Waals surface area contributed by atoms with Crippen LogP contribution in [0.3, 0.4) is 0 Å². The van der Waals surface area contributed by atoms with Gasteiger partial charge in [-0.05, 0) is 53.9 Å². The molecule has 0 spiro atoms. The second-order valence-corrected chi connectivity index (χ2v) is 9.84. The monoisotopic (exact) mass is 535 g/mol. The second kappa shape index (κ2) is 12.2. The lowest BCUT2D eigenvalue weighted by atomic mass is 9.99. The minimum atomic E-state index is -0.0588. The molecular formula is C26H28Cl3N3OS. The Balaban J connectivity index is 0.00000162. The molecule has 34 heavy (non-hydrogen) atoms. The van der Waals surface area contributed by atoms with Gasteiger partial charge in [-0.2, -0.15) is 0 Å². The van der Waals surface area contributed by atoms with Crippen molar-refractivity contribution >= 4 is 59.8 Å². The molecule has 0 bridgehead atoms. The van der Waals surface area contributed by atoms with Gasteiger partial charge in [-0.1, -0.05) is 59.8 Å². The Morgan fingerprint density at radius 1 is 0.912 bits per heavy atom. The van der Waals surface area contributed by atoms with E-state index in [2.05, 4.69) is 63.6 Å². The third-order valence-corrected chi connectivity index (χ3v) is 7.60. The van der Waals surface area contributed by atoms with Crippen molar-refractivity contribution in [3.05, 3.63) is 88.9 Å². The summed E-state index contributed by atoms with van der Waals surface area (Å²) in [5, 5.41) is 4.05. The molecule has 5 rings (SSSR count). The molecule has 0 aromatic heterocycles. The third-order valence-electron chi connectivity index (χ3n) is 6.16. The summed E-state index contributed by atoms with van der Waals surface area (Å²) >= 11 is 8.02. The highest BCUT2D eigenvalue weighted by atomic mass is 35.5. The quantitative estimate of drug-likeness (QED) is 0.452. The second-order valence-electron chi connectivity index (χ2n) is 8.31. The standard InChI is InChI=1S/C26H26ClN3OS.2ClH/c27-20-10-11-24-19(16-20)17-23(22-8-4-5-9-25(22)32-24)28-26(31)18-29-12-14-30(15-13-29)21-6-2-1-3-7-21;;/h1-11,16,23H,12-15,17-18H2,(H,28,31);2*1H. The highest BCUT2D eigenvalue weighted by Crippen LogP contribution is 2.41. The van der Waals surface area contributed by atoms with Crippen molar-refractivity contribution in [2.45, 2.75) is 22.3 Å². The maximum atomic E-state index is 13.0. The number of carbonyl (C=O) groups excluding carboxylic acids is 1. The number of fused-ring (bicyclic) bond motifs is 2. The average Bonchev–Trinajstić information content (AvgIpc) is 2.96. The number of amides is 1. The summed E-state index contributed by atoms with van der Waals surface area (Å²) < 4.78 is 0. The summed E-state index contributed by atoms with van der Waals surface area (Å²) in [5.74, 6) is 0.0773. The van der Waals surface area contributed by atoms with Crippen LogP contribution in [0.1, 0.15) is 17.2 Å². The molecule has 3 aromatic rings. The lowest BCUT2D eigenvalue weighted by Crippen LogP contribution is -2.50. The van der Waals surface area contributed by atoms with Crippen molar-refractivity contribution in [3.8, 4) is 0 Å². The minimum Gasteiger partial charge on any atom is -0.369 e. The first kappa shape index (κ1) is 26.7. The van der Waals surface area contributed by atoms with E-state index in [1.165, 1.54) is 26.6 Å². The van der Waals surface area contributed by atoms with E-state index in [0.29, 0.717) is 6.54 Å². The van der Waals surface area contributed by atoms with Crippen LogP contribution in [0.2, 0.25) is 5.02 Å². The van der Waals surface area contributed by atoms with E-state index >= 15 is 0 Å². The number of rotatable bonds is 4. The highest BCUT2D eigenvalue weighted by Gasteiger charge is 2.25. The zero-order chi connectivity index (χ0) is 21.9. The molecule has 2 aliphatic heterocycles. The Hall–Kier alpha value is -1.89. The zero-order valence-corrected chi connectivity index (χ0v) is 21.9. The predicted molar refractivity (Wildman–Crippen MR) is 146 cm³/mol. The Labute approximate surface area is 222 Å². The normalized spacial score (nSPS) is 17.3. The maximum absolute atomic E-state index is 13.0. The topological polar surface area (TPSA) is 35.6 Å². The smallest absolute Gasteiger partial charge is 0.234 e. The van der Waals surface area contributed by atoms with E-state index in [-0.39, 0.29) is 36.8 Å². The third kappa shape index (κ3) is 6.21. The number of nitrogens with zero attached hydrogens (tertiary/aromatic N) is 2. The molecule has 1 atom stereocenters. The van der Waals surface area contributed by atoms with E-state index in [1.807, 2.05) is 24.3 Å². The number of hydrogen-bond acceptors (Lipinski definition) is 4. The van der Waals surface area contributed by atoms with Gasteiger partial charge >= 0.3 is 0 Å². The molecule has 0 radical (unpaired) electrons. The van der Waals surface area contributed by atoms with Gasteiger partial charge in [0.25, 0.3) is 0 Å². The summed E-state index contributed by atoms with van der Waals surface area (Å²) in [4.78, 5) is 20.1. The van der Waals surface area contributed by atoms with Crippen LogP contribution >= 0.6 is 48.2 Å². The van der Waals surface area contributed by atoms with Crippen molar-refractivity contribution in [2.24, 2.45) is 0 Å². The van der Waals surface area contributed by atoms with Crippen LogP contribution in [0.4, 0.5) is 5.69 Å². The number of halogens is 3. The van der Waals surface area contributed by atoms with Crippen molar-refractivity contribution in [1.82, 2.24) is 10.2 Å². The van der Waals surface area contributed by atoms with Crippen molar-refractivity contribution < 1.29 is 4.79 Å². The molecule has 0 saturated carbocycles. The molecule has 1 amide bonds. The van der Waals surface area contributed by atoms with Gasteiger partial charge in [-0.3, -0.25) is 9.69 Å². The highest BCUT2D eigenvalue weighted by molar-refractivity contribution is 7.99. The molecule has 1 fully saturated rings. The molecule has 1 unspecified atom stereocenters. The number of nitrogens with one attached hydrogen (secondary N) is 1. The van der Waals surface area contributed by atoms with Crippen molar-refractivity contribution in [1.29, 1.82) is 0 Å². The van der Waals surface area contributed by atoms with Gasteiger partial charge in [-0.15, -0.1) is 24.8 Å². The molecule has 3 aromatic carbocycles. The molecule has 4 nitrogen and oxygen atoms in total. The minimum absolute atomic E-state index is 0. The van der Waals surface area contributed by atoms with Gasteiger partial charge in [0.15, 0.2) is 0 Å². The average molecular weight is 537 g/mol. The Morgan fingerprint density at radius 2 is 1.62 bits per heavy atom. The first-order valence-electron chi connectivity index (χ1n) is 11.0. The summed E-state index contributed by atoms with van der Waals surface area (Å²) in [6.07, 6.45) is 0.743. The van der Waals surface area contributed by atoms with Crippen LogP contribution in [0, 0.1) is 0 Å². The lowest BCUT2D eigenvalue weighted by Gasteiger charge is -2.36. The van der Waals surface area contributed by atoms with Gasteiger partial charge in [-0.25, -0.2) is 0 Å². The molecule has 1 N–H and O–H groups in total. The number of para-hydroxylation sites is 1. The van der Waals surface area contributed by atoms with Gasteiger partial charge in [0.2, 0.25) is 5.91 Å². The van der Waals surface area contributed by atoms with Crippen molar-refractivity contribution in [2.75, 3.05) is 37.6 Å². The largest absolute Gasteiger partial charge is 0.369 e. The van der Waals surface area contributed by atoms with Crippen molar-refractivity contribution in [3.63, 3.8) is 0 Å². The van der Waals surface area contributed by atoms with Gasteiger partial charge < -0.3 is 10.2 Å². The van der Waals surface area contributed by atoms with E-state index < -0.39 is 0 Å². The molecule has 0 aliphatic carbocycles. The number of benzene rings is 3. The van der Waals surface area contributed by atoms with Gasteiger partial charge in [0, 0.05) is 46.7 Å². The summed E-state index contributed by atoms with van der Waals surface area (Å²) in [6, 6.07) is 24.8. The van der Waals surface area contributed by atoms with E-state index in [1.54, 1.807) is 11.8 Å². The Bertz CT molecular complexity index is 1110. The van der Waals surface area contributed by atoms with Crippen LogP contribution in [0.25, 0.3) is 0 Å². The fraction of sp³-hybridized carbons (Fsp3) is 0.269. The van der Waals surface area contributed by atoms with E-state index in [9.17, 15) is 4.79 Å². The summed E-state index contributed by atoms with van der Waals surface area (Å²) in [5.41, 5.74) is 3.61. The number of hydrogen-bond donors (Lipinski definition) is 1. The Morgan fingerprint density at radius 3 is 2.38 bits per heavy atom. The molecular weight excluding hydrogens is 509 g/mol. The van der Waals surface area contributed by atoms with Crippen LogP contribution < -0.4 is 10.2 Å². The summed E-state index contributed by atoms with van der Waals surface area (Å²) in [6.45, 7) is 4.07. The number of piperazine rings is 1. The van der Waals surface area contributed by atoms with Crippen LogP contribution in [-0.2, 0) is 11.2 Å².